The third-order valence-corrected chi connectivity index (χ3v) is 2.77. The minimum absolute atomic E-state index is 0.531. The molecule has 1 aliphatic rings. The molecule has 2 heteroatoms. The van der Waals surface area contributed by atoms with Gasteiger partial charge in [-0.25, -0.2) is 0 Å². The highest BCUT2D eigenvalue weighted by molar-refractivity contribution is 5.35. The second kappa shape index (κ2) is 4.01. The van der Waals surface area contributed by atoms with Gasteiger partial charge in [-0.2, -0.15) is 0 Å². The van der Waals surface area contributed by atoms with Crippen LogP contribution in [-0.2, 0) is 0 Å². The lowest BCUT2D eigenvalue weighted by Gasteiger charge is -2.13. The molecule has 1 N–H and O–H groups in total. The van der Waals surface area contributed by atoms with Gasteiger partial charge >= 0.3 is 0 Å². The zero-order valence-electron chi connectivity index (χ0n) is 8.84. The molecular formula is C12H17NO. The standard InChI is InChI=1S/C12H17NO/c1-9-6-10(8-11(7-9)14-2)12-4-3-5-13-12/h6-8,12-13H,3-5H2,1-2H3. The molecule has 0 spiro atoms. The molecule has 1 saturated heterocycles. The predicted molar refractivity (Wildman–Crippen MR) is 57.7 cm³/mol. The van der Waals surface area contributed by atoms with Gasteiger partial charge in [0.05, 0.1) is 7.11 Å². The number of hydrogen-bond donors (Lipinski definition) is 1. The van der Waals surface area contributed by atoms with E-state index < -0.39 is 0 Å². The maximum absolute atomic E-state index is 5.27. The van der Waals surface area contributed by atoms with Crippen LogP contribution in [0.3, 0.4) is 0 Å². The van der Waals surface area contributed by atoms with Gasteiger partial charge in [-0.15, -0.1) is 0 Å². The Morgan fingerprint density at radius 2 is 2.21 bits per heavy atom. The highest BCUT2D eigenvalue weighted by atomic mass is 16.5. The molecule has 1 heterocycles. The van der Waals surface area contributed by atoms with E-state index in [1.54, 1.807) is 7.11 Å². The van der Waals surface area contributed by atoms with Gasteiger partial charge in [0.1, 0.15) is 5.75 Å². The van der Waals surface area contributed by atoms with Gasteiger partial charge in [-0.1, -0.05) is 6.07 Å². The van der Waals surface area contributed by atoms with Gasteiger partial charge in [0, 0.05) is 6.04 Å². The van der Waals surface area contributed by atoms with Crippen LogP contribution < -0.4 is 10.1 Å². The SMILES string of the molecule is COc1cc(C)cc(C2CCCN2)c1. The molecule has 1 aromatic rings. The first-order valence-electron chi connectivity index (χ1n) is 5.18. The molecule has 14 heavy (non-hydrogen) atoms. The summed E-state index contributed by atoms with van der Waals surface area (Å²) in [6.07, 6.45) is 2.52. The molecule has 1 atom stereocenters. The van der Waals surface area contributed by atoms with Crippen LogP contribution in [0.4, 0.5) is 0 Å². The Kier molecular flexibility index (Phi) is 2.73. The smallest absolute Gasteiger partial charge is 0.119 e. The summed E-state index contributed by atoms with van der Waals surface area (Å²) < 4.78 is 5.27. The number of hydrogen-bond acceptors (Lipinski definition) is 2. The van der Waals surface area contributed by atoms with Crippen LogP contribution in [0.25, 0.3) is 0 Å². The number of aryl methyl sites for hydroxylation is 1. The summed E-state index contributed by atoms with van der Waals surface area (Å²) in [6.45, 7) is 3.25. The van der Waals surface area contributed by atoms with Crippen molar-refractivity contribution in [2.75, 3.05) is 13.7 Å². The summed E-state index contributed by atoms with van der Waals surface area (Å²) in [7, 11) is 1.72. The maximum atomic E-state index is 5.27. The molecule has 1 unspecified atom stereocenters. The van der Waals surface area contributed by atoms with Crippen molar-refractivity contribution in [3.63, 3.8) is 0 Å². The van der Waals surface area contributed by atoms with E-state index in [9.17, 15) is 0 Å². The van der Waals surface area contributed by atoms with E-state index in [0.29, 0.717) is 6.04 Å². The van der Waals surface area contributed by atoms with Crippen molar-refractivity contribution in [1.29, 1.82) is 0 Å². The van der Waals surface area contributed by atoms with Gasteiger partial charge in [0.15, 0.2) is 0 Å². The van der Waals surface area contributed by atoms with Crippen molar-refractivity contribution in [3.8, 4) is 5.75 Å². The summed E-state index contributed by atoms with van der Waals surface area (Å²) >= 11 is 0. The Labute approximate surface area is 85.3 Å². The Bertz CT molecular complexity index is 316. The summed E-state index contributed by atoms with van der Waals surface area (Å²) in [4.78, 5) is 0. The van der Waals surface area contributed by atoms with E-state index in [4.69, 9.17) is 4.74 Å². The zero-order chi connectivity index (χ0) is 9.97. The summed E-state index contributed by atoms with van der Waals surface area (Å²) in [5.41, 5.74) is 2.63. The average Bonchev–Trinajstić information content (AvgIpc) is 2.69. The van der Waals surface area contributed by atoms with E-state index in [2.05, 4.69) is 30.4 Å². The Hall–Kier alpha value is -1.02. The lowest BCUT2D eigenvalue weighted by Crippen LogP contribution is -2.12. The van der Waals surface area contributed by atoms with Crippen LogP contribution in [0.15, 0.2) is 18.2 Å². The van der Waals surface area contributed by atoms with Gasteiger partial charge in [0.25, 0.3) is 0 Å². The Morgan fingerprint density at radius 3 is 2.86 bits per heavy atom. The van der Waals surface area contributed by atoms with Crippen molar-refractivity contribution in [2.45, 2.75) is 25.8 Å². The van der Waals surface area contributed by atoms with Crippen LogP contribution in [0.2, 0.25) is 0 Å². The van der Waals surface area contributed by atoms with E-state index in [-0.39, 0.29) is 0 Å². The third-order valence-electron chi connectivity index (χ3n) is 2.77. The lowest BCUT2D eigenvalue weighted by atomic mass is 10.0. The fourth-order valence-electron chi connectivity index (χ4n) is 2.06. The van der Waals surface area contributed by atoms with Gasteiger partial charge in [-0.3, -0.25) is 0 Å². The average molecular weight is 191 g/mol. The van der Waals surface area contributed by atoms with Crippen molar-refractivity contribution in [2.24, 2.45) is 0 Å². The first kappa shape index (κ1) is 9.53. The van der Waals surface area contributed by atoms with E-state index in [1.807, 2.05) is 0 Å². The number of rotatable bonds is 2. The van der Waals surface area contributed by atoms with Crippen LogP contribution in [0.1, 0.15) is 30.0 Å². The first-order valence-corrected chi connectivity index (χ1v) is 5.18. The summed E-state index contributed by atoms with van der Waals surface area (Å²) in [5.74, 6) is 0.966. The number of benzene rings is 1. The first-order chi connectivity index (χ1) is 6.79. The predicted octanol–water partition coefficient (Wildman–Crippen LogP) is 2.43. The second-order valence-electron chi connectivity index (χ2n) is 3.93. The molecule has 0 aromatic heterocycles. The van der Waals surface area contributed by atoms with Crippen molar-refractivity contribution >= 4 is 0 Å². The maximum Gasteiger partial charge on any atom is 0.119 e. The molecule has 1 aromatic carbocycles. The highest BCUT2D eigenvalue weighted by Crippen LogP contribution is 2.27. The third kappa shape index (κ3) is 1.90. The molecule has 1 fully saturated rings. The van der Waals surface area contributed by atoms with Crippen molar-refractivity contribution in [1.82, 2.24) is 5.32 Å². The number of ether oxygens (including phenoxy) is 1. The summed E-state index contributed by atoms with van der Waals surface area (Å²) in [6, 6.07) is 6.98. The molecule has 0 amide bonds. The van der Waals surface area contributed by atoms with Gasteiger partial charge < -0.3 is 10.1 Å². The van der Waals surface area contributed by atoms with Crippen LogP contribution in [-0.4, -0.2) is 13.7 Å². The Balaban J connectivity index is 2.27. The molecule has 76 valence electrons. The summed E-state index contributed by atoms with van der Waals surface area (Å²) in [5, 5.41) is 3.50. The number of nitrogens with one attached hydrogen (secondary N) is 1. The van der Waals surface area contributed by atoms with Gasteiger partial charge in [-0.05, 0) is 49.6 Å². The minimum Gasteiger partial charge on any atom is -0.497 e. The monoisotopic (exact) mass is 191 g/mol. The minimum atomic E-state index is 0.531. The molecule has 0 radical (unpaired) electrons. The normalized spacial score (nSPS) is 21.1. The largest absolute Gasteiger partial charge is 0.497 e. The van der Waals surface area contributed by atoms with Crippen LogP contribution >= 0.6 is 0 Å². The number of methoxy groups -OCH3 is 1. The van der Waals surface area contributed by atoms with E-state index >= 15 is 0 Å². The lowest BCUT2D eigenvalue weighted by molar-refractivity contribution is 0.413. The Morgan fingerprint density at radius 1 is 1.36 bits per heavy atom. The molecule has 0 bridgehead atoms. The molecule has 2 rings (SSSR count). The molecule has 2 nitrogen and oxygen atoms in total. The fraction of sp³-hybridized carbons (Fsp3) is 0.500. The highest BCUT2D eigenvalue weighted by Gasteiger charge is 2.16. The zero-order valence-corrected chi connectivity index (χ0v) is 8.84. The molecular weight excluding hydrogens is 174 g/mol. The quantitative estimate of drug-likeness (QED) is 0.775. The molecule has 0 saturated carbocycles. The second-order valence-corrected chi connectivity index (χ2v) is 3.93. The van der Waals surface area contributed by atoms with Crippen LogP contribution in [0.5, 0.6) is 5.75 Å². The van der Waals surface area contributed by atoms with Crippen LogP contribution in [0, 0.1) is 6.92 Å². The van der Waals surface area contributed by atoms with E-state index in [1.165, 1.54) is 24.0 Å². The van der Waals surface area contributed by atoms with Gasteiger partial charge in [0.2, 0.25) is 0 Å². The molecule has 0 aliphatic carbocycles. The molecule has 1 aliphatic heterocycles. The topological polar surface area (TPSA) is 21.3 Å². The van der Waals surface area contributed by atoms with Crippen molar-refractivity contribution in [3.05, 3.63) is 29.3 Å². The fourth-order valence-corrected chi connectivity index (χ4v) is 2.06. The van der Waals surface area contributed by atoms with Crippen molar-refractivity contribution < 1.29 is 4.74 Å². The van der Waals surface area contributed by atoms with E-state index in [0.717, 1.165) is 12.3 Å².